The average Bonchev–Trinajstić information content (AvgIpc) is 2.77. The Morgan fingerprint density at radius 2 is 1.90 bits per heavy atom. The Kier molecular flexibility index (Phi) is 5.33. The van der Waals surface area contributed by atoms with Crippen LogP contribution in [0.2, 0.25) is 8.67 Å². The Morgan fingerprint density at radius 1 is 1.15 bits per heavy atom. The highest BCUT2D eigenvalue weighted by Gasteiger charge is 2.16. The van der Waals surface area contributed by atoms with E-state index in [0.717, 1.165) is 15.6 Å². The zero-order chi connectivity index (χ0) is 14.7. The lowest BCUT2D eigenvalue weighted by Gasteiger charge is -2.20. The highest BCUT2D eigenvalue weighted by Crippen LogP contribution is 2.35. The first-order chi connectivity index (χ1) is 9.51. The van der Waals surface area contributed by atoms with Gasteiger partial charge in [-0.1, -0.05) is 35.3 Å². The summed E-state index contributed by atoms with van der Waals surface area (Å²) in [5.41, 5.74) is 2.21. The van der Waals surface area contributed by atoms with E-state index in [1.807, 2.05) is 24.3 Å². The Bertz CT molecular complexity index is 585. The van der Waals surface area contributed by atoms with Crippen molar-refractivity contribution in [3.63, 3.8) is 0 Å². The van der Waals surface area contributed by atoms with Gasteiger partial charge >= 0.3 is 0 Å². The Hall–Kier alpha value is -0.740. The van der Waals surface area contributed by atoms with Crippen molar-refractivity contribution >= 4 is 34.5 Å². The molecule has 0 amide bonds. The summed E-state index contributed by atoms with van der Waals surface area (Å²) >= 11 is 13.6. The summed E-state index contributed by atoms with van der Waals surface area (Å²) in [5, 5.41) is 3.53. The number of hydrogen-bond acceptors (Lipinski definition) is 3. The van der Waals surface area contributed by atoms with Gasteiger partial charge in [-0.3, -0.25) is 0 Å². The predicted molar refractivity (Wildman–Crippen MR) is 87.3 cm³/mol. The molecule has 20 heavy (non-hydrogen) atoms. The van der Waals surface area contributed by atoms with Crippen molar-refractivity contribution in [2.24, 2.45) is 0 Å². The Morgan fingerprint density at radius 3 is 2.50 bits per heavy atom. The molecule has 108 valence electrons. The van der Waals surface area contributed by atoms with Gasteiger partial charge in [-0.25, -0.2) is 0 Å². The number of ether oxygens (including phenoxy) is 1. The minimum atomic E-state index is 0.132. The fraction of sp³-hybridized carbons (Fsp3) is 0.333. The minimum Gasteiger partial charge on any atom is -0.497 e. The molecule has 2 aromatic rings. The van der Waals surface area contributed by atoms with Crippen molar-refractivity contribution < 1.29 is 4.74 Å². The Labute approximate surface area is 133 Å². The molecule has 1 unspecified atom stereocenters. The van der Waals surface area contributed by atoms with Crippen molar-refractivity contribution in [3.05, 3.63) is 50.1 Å². The zero-order valence-electron chi connectivity index (χ0n) is 11.6. The normalized spacial score (nSPS) is 14.1. The van der Waals surface area contributed by atoms with Crippen LogP contribution in [0.4, 0.5) is 0 Å². The third-order valence-electron chi connectivity index (χ3n) is 3.24. The van der Waals surface area contributed by atoms with Crippen LogP contribution in [0.3, 0.4) is 0 Å². The third-order valence-corrected chi connectivity index (χ3v) is 4.76. The van der Waals surface area contributed by atoms with Gasteiger partial charge in [0.25, 0.3) is 0 Å². The van der Waals surface area contributed by atoms with Crippen LogP contribution < -0.4 is 10.1 Å². The number of methoxy groups -OCH3 is 1. The zero-order valence-corrected chi connectivity index (χ0v) is 13.9. The van der Waals surface area contributed by atoms with Gasteiger partial charge in [0.2, 0.25) is 0 Å². The number of nitrogens with one attached hydrogen (secondary N) is 1. The lowest BCUT2D eigenvalue weighted by atomic mass is 10.1. The molecule has 1 aromatic heterocycles. The van der Waals surface area contributed by atoms with Crippen molar-refractivity contribution in [1.82, 2.24) is 5.32 Å². The molecule has 0 aliphatic rings. The first-order valence-electron chi connectivity index (χ1n) is 6.36. The maximum Gasteiger partial charge on any atom is 0.119 e. The van der Waals surface area contributed by atoms with Gasteiger partial charge in [0.15, 0.2) is 0 Å². The maximum absolute atomic E-state index is 6.19. The van der Waals surface area contributed by atoms with Crippen molar-refractivity contribution in [2.75, 3.05) is 7.11 Å². The van der Waals surface area contributed by atoms with E-state index in [1.54, 1.807) is 7.11 Å². The van der Waals surface area contributed by atoms with Crippen LogP contribution in [-0.4, -0.2) is 7.11 Å². The van der Waals surface area contributed by atoms with E-state index in [2.05, 4.69) is 25.2 Å². The molecule has 0 aliphatic carbocycles. The van der Waals surface area contributed by atoms with Crippen molar-refractivity contribution in [1.29, 1.82) is 0 Å². The molecule has 0 saturated heterocycles. The molecule has 1 N–H and O–H groups in total. The quantitative estimate of drug-likeness (QED) is 0.784. The molecule has 5 heteroatoms. The molecule has 1 heterocycles. The standard InChI is InChI=1S/C15H17Cl2NOS/c1-9(11-5-4-6-12(7-11)19-3)18-10(2)13-8-14(16)20-15(13)17/h4-10,18H,1-3H3/t9-,10?/m1/s1. The smallest absolute Gasteiger partial charge is 0.119 e. The summed E-state index contributed by atoms with van der Waals surface area (Å²) in [6.45, 7) is 4.20. The van der Waals surface area contributed by atoms with E-state index in [9.17, 15) is 0 Å². The van der Waals surface area contributed by atoms with Crippen LogP contribution in [-0.2, 0) is 0 Å². The van der Waals surface area contributed by atoms with Gasteiger partial charge < -0.3 is 10.1 Å². The predicted octanol–water partition coefficient (Wildman–Crippen LogP) is 5.48. The van der Waals surface area contributed by atoms with Crippen LogP contribution in [0.5, 0.6) is 5.75 Å². The summed E-state index contributed by atoms with van der Waals surface area (Å²) in [5.74, 6) is 0.861. The van der Waals surface area contributed by atoms with Crippen LogP contribution >= 0.6 is 34.5 Å². The van der Waals surface area contributed by atoms with Crippen LogP contribution in [0.1, 0.15) is 37.1 Å². The second-order valence-electron chi connectivity index (χ2n) is 4.67. The number of hydrogen-bond donors (Lipinski definition) is 1. The minimum absolute atomic E-state index is 0.132. The number of halogens is 2. The summed E-state index contributed by atoms with van der Waals surface area (Å²) in [7, 11) is 1.67. The van der Waals surface area contributed by atoms with Gasteiger partial charge in [0.1, 0.15) is 5.75 Å². The lowest BCUT2D eigenvalue weighted by Crippen LogP contribution is -2.22. The number of thiophene rings is 1. The second kappa shape index (κ2) is 6.81. The van der Waals surface area contributed by atoms with Gasteiger partial charge in [0.05, 0.1) is 15.8 Å². The maximum atomic E-state index is 6.19. The molecule has 0 fully saturated rings. The van der Waals surface area contributed by atoms with Crippen molar-refractivity contribution in [3.8, 4) is 5.75 Å². The first-order valence-corrected chi connectivity index (χ1v) is 7.93. The Balaban J connectivity index is 2.10. The third kappa shape index (κ3) is 3.67. The molecule has 0 saturated carbocycles. The van der Waals surface area contributed by atoms with Crippen LogP contribution in [0.25, 0.3) is 0 Å². The second-order valence-corrected chi connectivity index (χ2v) is 6.95. The molecule has 2 nitrogen and oxygen atoms in total. The summed E-state index contributed by atoms with van der Waals surface area (Å²) in [6.07, 6.45) is 0. The van der Waals surface area contributed by atoms with Gasteiger partial charge in [-0.2, -0.15) is 0 Å². The fourth-order valence-electron chi connectivity index (χ4n) is 2.12. The molecule has 0 radical (unpaired) electrons. The highest BCUT2D eigenvalue weighted by molar-refractivity contribution is 7.20. The highest BCUT2D eigenvalue weighted by atomic mass is 35.5. The van der Waals surface area contributed by atoms with Gasteiger partial charge in [-0.15, -0.1) is 11.3 Å². The fourth-order valence-corrected chi connectivity index (χ4v) is 3.77. The van der Waals surface area contributed by atoms with E-state index in [4.69, 9.17) is 27.9 Å². The first kappa shape index (κ1) is 15.6. The van der Waals surface area contributed by atoms with E-state index >= 15 is 0 Å². The molecular formula is C15H17Cl2NOS. The largest absolute Gasteiger partial charge is 0.497 e. The molecule has 0 bridgehead atoms. The lowest BCUT2D eigenvalue weighted by molar-refractivity contribution is 0.412. The van der Waals surface area contributed by atoms with Crippen molar-refractivity contribution in [2.45, 2.75) is 25.9 Å². The van der Waals surface area contributed by atoms with Crippen LogP contribution in [0, 0.1) is 0 Å². The van der Waals surface area contributed by atoms with Gasteiger partial charge in [-0.05, 0) is 43.2 Å². The van der Waals surface area contributed by atoms with Crippen LogP contribution in [0.15, 0.2) is 30.3 Å². The molecule has 1 aromatic carbocycles. The molecule has 0 aliphatic heterocycles. The van der Waals surface area contributed by atoms with Gasteiger partial charge in [0, 0.05) is 12.1 Å². The monoisotopic (exact) mass is 329 g/mol. The van der Waals surface area contributed by atoms with E-state index in [-0.39, 0.29) is 12.1 Å². The summed E-state index contributed by atoms with van der Waals surface area (Å²) in [6, 6.07) is 10.3. The SMILES string of the molecule is COc1cccc([C@@H](C)NC(C)c2cc(Cl)sc2Cl)c1. The summed E-state index contributed by atoms with van der Waals surface area (Å²) < 4.78 is 6.71. The van der Waals surface area contributed by atoms with E-state index < -0.39 is 0 Å². The molecular weight excluding hydrogens is 313 g/mol. The average molecular weight is 330 g/mol. The van der Waals surface area contributed by atoms with E-state index in [1.165, 1.54) is 16.9 Å². The molecule has 0 spiro atoms. The molecule has 2 rings (SSSR count). The summed E-state index contributed by atoms with van der Waals surface area (Å²) in [4.78, 5) is 0. The topological polar surface area (TPSA) is 21.3 Å². The van der Waals surface area contributed by atoms with E-state index in [0.29, 0.717) is 4.34 Å². The molecule has 2 atom stereocenters. The number of rotatable bonds is 5. The number of benzene rings is 1.